The fourth-order valence-corrected chi connectivity index (χ4v) is 2.65. The maximum atomic E-state index is 11.3. The zero-order chi connectivity index (χ0) is 12.3. The molecule has 0 unspecified atom stereocenters. The van der Waals surface area contributed by atoms with Gasteiger partial charge in [0.15, 0.2) is 0 Å². The minimum Gasteiger partial charge on any atom is -0.343 e. The first-order valence-electron chi connectivity index (χ1n) is 6.19. The summed E-state index contributed by atoms with van der Waals surface area (Å²) in [6, 6.07) is 10.4. The highest BCUT2D eigenvalue weighted by Crippen LogP contribution is 2.34. The van der Waals surface area contributed by atoms with Crippen LogP contribution in [-0.4, -0.2) is 30.4 Å². The maximum absolute atomic E-state index is 11.3. The van der Waals surface area contributed by atoms with Gasteiger partial charge in [0.2, 0.25) is 5.91 Å². The van der Waals surface area contributed by atoms with Gasteiger partial charge in [-0.2, -0.15) is 0 Å². The second-order valence-corrected chi connectivity index (χ2v) is 4.86. The molecule has 17 heavy (non-hydrogen) atoms. The van der Waals surface area contributed by atoms with E-state index >= 15 is 0 Å². The van der Waals surface area contributed by atoms with Gasteiger partial charge in [0, 0.05) is 32.0 Å². The predicted molar refractivity (Wildman–Crippen MR) is 68.7 cm³/mol. The van der Waals surface area contributed by atoms with Crippen LogP contribution >= 0.6 is 0 Å². The van der Waals surface area contributed by atoms with E-state index in [1.807, 2.05) is 11.0 Å². The van der Waals surface area contributed by atoms with Crippen molar-refractivity contribution in [3.05, 3.63) is 35.9 Å². The Kier molecular flexibility index (Phi) is 3.48. The number of nitrogens with zero attached hydrogens (tertiary/aromatic N) is 1. The number of benzene rings is 1. The average Bonchev–Trinajstić information content (AvgIpc) is 2.40. The lowest BCUT2D eigenvalue weighted by Gasteiger charge is -2.41. The van der Waals surface area contributed by atoms with E-state index in [9.17, 15) is 4.79 Å². The predicted octanol–water partition coefficient (Wildman–Crippen LogP) is 1.53. The van der Waals surface area contributed by atoms with Gasteiger partial charge in [-0.15, -0.1) is 0 Å². The van der Waals surface area contributed by atoms with E-state index in [-0.39, 0.29) is 11.3 Å². The number of carbonyl (C=O) groups is 1. The smallest absolute Gasteiger partial charge is 0.219 e. The van der Waals surface area contributed by atoms with Gasteiger partial charge in [-0.25, -0.2) is 0 Å². The molecule has 0 radical (unpaired) electrons. The Labute approximate surface area is 103 Å². The molecule has 3 heteroatoms. The molecule has 2 rings (SSSR count). The molecular formula is C14H20N2O. The lowest BCUT2D eigenvalue weighted by Crippen LogP contribution is -2.48. The number of hydrogen-bond acceptors (Lipinski definition) is 2. The van der Waals surface area contributed by atoms with Crippen molar-refractivity contribution >= 4 is 5.91 Å². The van der Waals surface area contributed by atoms with Crippen molar-refractivity contribution in [2.75, 3.05) is 19.6 Å². The summed E-state index contributed by atoms with van der Waals surface area (Å²) in [7, 11) is 0. The Bertz CT molecular complexity index is 380. The summed E-state index contributed by atoms with van der Waals surface area (Å²) in [6.07, 6.45) is 1.93. The molecule has 1 aliphatic rings. The lowest BCUT2D eigenvalue weighted by molar-refractivity contribution is -0.130. The highest BCUT2D eigenvalue weighted by Gasteiger charge is 2.35. The van der Waals surface area contributed by atoms with Crippen LogP contribution in [0.25, 0.3) is 0 Å². The zero-order valence-electron chi connectivity index (χ0n) is 10.4. The minimum atomic E-state index is 0.0627. The molecule has 2 N–H and O–H groups in total. The minimum absolute atomic E-state index is 0.0627. The molecule has 92 valence electrons. The molecule has 0 atom stereocenters. The van der Waals surface area contributed by atoms with E-state index < -0.39 is 0 Å². The largest absolute Gasteiger partial charge is 0.343 e. The Balaban J connectivity index is 2.16. The fraction of sp³-hybridized carbons (Fsp3) is 0.500. The number of likely N-dealkylation sites (tertiary alicyclic amines) is 1. The Morgan fingerprint density at radius 3 is 2.35 bits per heavy atom. The molecule has 0 aliphatic carbocycles. The molecule has 3 nitrogen and oxygen atoms in total. The molecule has 0 spiro atoms. The summed E-state index contributed by atoms with van der Waals surface area (Å²) in [5.41, 5.74) is 7.36. The molecule has 0 aromatic heterocycles. The molecule has 1 amide bonds. The monoisotopic (exact) mass is 232 g/mol. The number of rotatable bonds is 2. The quantitative estimate of drug-likeness (QED) is 0.840. The van der Waals surface area contributed by atoms with Gasteiger partial charge in [-0.05, 0) is 18.4 Å². The SMILES string of the molecule is CC(=O)N1CCC(CN)(c2ccccc2)CC1. The van der Waals surface area contributed by atoms with Crippen LogP contribution in [0.5, 0.6) is 0 Å². The highest BCUT2D eigenvalue weighted by atomic mass is 16.2. The van der Waals surface area contributed by atoms with Crippen LogP contribution in [0.4, 0.5) is 0 Å². The second-order valence-electron chi connectivity index (χ2n) is 4.86. The van der Waals surface area contributed by atoms with Crippen molar-refractivity contribution in [2.24, 2.45) is 5.73 Å². The van der Waals surface area contributed by atoms with E-state index in [4.69, 9.17) is 5.73 Å². The molecule has 1 heterocycles. The van der Waals surface area contributed by atoms with Gasteiger partial charge in [0.25, 0.3) is 0 Å². The highest BCUT2D eigenvalue weighted by molar-refractivity contribution is 5.73. The summed E-state index contributed by atoms with van der Waals surface area (Å²) in [5.74, 6) is 0.170. The molecule has 1 fully saturated rings. The standard InChI is InChI=1S/C14H20N2O/c1-12(17)16-9-7-14(11-15,8-10-16)13-5-3-2-4-6-13/h2-6H,7-11,15H2,1H3. The van der Waals surface area contributed by atoms with Crippen molar-refractivity contribution in [1.29, 1.82) is 0 Å². The summed E-state index contributed by atoms with van der Waals surface area (Å²) in [6.45, 7) is 3.93. The number of hydrogen-bond donors (Lipinski definition) is 1. The number of amides is 1. The third-order valence-corrected chi connectivity index (χ3v) is 3.94. The van der Waals surface area contributed by atoms with Crippen LogP contribution in [0, 0.1) is 0 Å². The van der Waals surface area contributed by atoms with Gasteiger partial charge in [0.1, 0.15) is 0 Å². The van der Waals surface area contributed by atoms with Crippen molar-refractivity contribution in [3.63, 3.8) is 0 Å². The van der Waals surface area contributed by atoms with Gasteiger partial charge in [-0.3, -0.25) is 4.79 Å². The maximum Gasteiger partial charge on any atom is 0.219 e. The van der Waals surface area contributed by atoms with Gasteiger partial charge >= 0.3 is 0 Å². The molecule has 1 aromatic carbocycles. The van der Waals surface area contributed by atoms with E-state index in [0.717, 1.165) is 25.9 Å². The van der Waals surface area contributed by atoms with Crippen LogP contribution in [0.2, 0.25) is 0 Å². The van der Waals surface area contributed by atoms with E-state index in [1.165, 1.54) is 5.56 Å². The normalized spacial score (nSPS) is 19.1. The first kappa shape index (κ1) is 12.1. The average molecular weight is 232 g/mol. The van der Waals surface area contributed by atoms with Crippen LogP contribution in [0.3, 0.4) is 0 Å². The van der Waals surface area contributed by atoms with Crippen LogP contribution in [0.1, 0.15) is 25.3 Å². The van der Waals surface area contributed by atoms with Crippen molar-refractivity contribution < 1.29 is 4.79 Å². The van der Waals surface area contributed by atoms with Crippen LogP contribution in [0.15, 0.2) is 30.3 Å². The van der Waals surface area contributed by atoms with Crippen molar-refractivity contribution in [2.45, 2.75) is 25.2 Å². The topological polar surface area (TPSA) is 46.3 Å². The number of piperidine rings is 1. The zero-order valence-corrected chi connectivity index (χ0v) is 10.4. The fourth-order valence-electron chi connectivity index (χ4n) is 2.65. The number of carbonyl (C=O) groups excluding carboxylic acids is 1. The summed E-state index contributed by atoms with van der Waals surface area (Å²) < 4.78 is 0. The van der Waals surface area contributed by atoms with Crippen molar-refractivity contribution in [3.8, 4) is 0 Å². The second kappa shape index (κ2) is 4.88. The summed E-state index contributed by atoms with van der Waals surface area (Å²) >= 11 is 0. The molecule has 1 aliphatic heterocycles. The molecule has 0 saturated carbocycles. The third-order valence-electron chi connectivity index (χ3n) is 3.94. The summed E-state index contributed by atoms with van der Waals surface area (Å²) in [4.78, 5) is 13.2. The Morgan fingerprint density at radius 1 is 1.29 bits per heavy atom. The van der Waals surface area contributed by atoms with E-state index in [1.54, 1.807) is 6.92 Å². The molecule has 1 aromatic rings. The van der Waals surface area contributed by atoms with Crippen LogP contribution < -0.4 is 5.73 Å². The van der Waals surface area contributed by atoms with E-state index in [2.05, 4.69) is 24.3 Å². The first-order valence-corrected chi connectivity index (χ1v) is 6.19. The van der Waals surface area contributed by atoms with E-state index in [0.29, 0.717) is 6.54 Å². The summed E-state index contributed by atoms with van der Waals surface area (Å²) in [5, 5.41) is 0. The molecule has 0 bridgehead atoms. The van der Waals surface area contributed by atoms with Gasteiger partial charge in [-0.1, -0.05) is 30.3 Å². The Morgan fingerprint density at radius 2 is 1.88 bits per heavy atom. The third kappa shape index (κ3) is 2.34. The van der Waals surface area contributed by atoms with Gasteiger partial charge < -0.3 is 10.6 Å². The number of nitrogens with two attached hydrogens (primary N) is 1. The van der Waals surface area contributed by atoms with Crippen LogP contribution in [-0.2, 0) is 10.2 Å². The first-order chi connectivity index (χ1) is 8.18. The molecule has 1 saturated heterocycles. The van der Waals surface area contributed by atoms with Crippen molar-refractivity contribution in [1.82, 2.24) is 4.90 Å². The molecular weight excluding hydrogens is 212 g/mol. The van der Waals surface area contributed by atoms with Gasteiger partial charge in [0.05, 0.1) is 0 Å². The Hall–Kier alpha value is -1.35. The lowest BCUT2D eigenvalue weighted by atomic mass is 9.73.